The van der Waals surface area contributed by atoms with E-state index in [4.69, 9.17) is 10.8 Å². The van der Waals surface area contributed by atoms with Gasteiger partial charge >= 0.3 is 0 Å². The van der Waals surface area contributed by atoms with E-state index in [0.29, 0.717) is 19.0 Å². The summed E-state index contributed by atoms with van der Waals surface area (Å²) in [5.41, 5.74) is 5.65. The molecular weight excluding hydrogens is 218 g/mol. The molecule has 1 rings (SSSR count). The van der Waals surface area contributed by atoms with Crippen LogP contribution in [0, 0.1) is 5.92 Å². The molecule has 0 aliphatic heterocycles. The van der Waals surface area contributed by atoms with Gasteiger partial charge < -0.3 is 21.5 Å². The van der Waals surface area contributed by atoms with Crippen LogP contribution in [0.15, 0.2) is 0 Å². The third kappa shape index (κ3) is 5.48. The molecule has 0 bridgehead atoms. The highest BCUT2D eigenvalue weighted by Crippen LogP contribution is 2.18. The summed E-state index contributed by atoms with van der Waals surface area (Å²) in [6, 6.07) is 0.537. The Morgan fingerprint density at radius 2 is 2.12 bits per heavy atom. The highest BCUT2D eigenvalue weighted by molar-refractivity contribution is 5.77. The average molecular weight is 243 g/mol. The van der Waals surface area contributed by atoms with E-state index in [0.717, 1.165) is 12.8 Å². The maximum Gasteiger partial charge on any atom is 0.221 e. The second-order valence-corrected chi connectivity index (χ2v) is 5.09. The van der Waals surface area contributed by atoms with Crippen molar-refractivity contribution in [3.05, 3.63) is 0 Å². The molecule has 0 heterocycles. The van der Waals surface area contributed by atoms with E-state index < -0.39 is 0 Å². The van der Waals surface area contributed by atoms with E-state index in [-0.39, 0.29) is 30.5 Å². The second-order valence-electron chi connectivity index (χ2n) is 5.09. The fourth-order valence-electron chi connectivity index (χ4n) is 1.64. The standard InChI is InChI=1S/C12H25N3O2/c1-8(7-16)9(2)14-11(6-13)5-12(17)15-10-3-4-10/h8-11,14,16H,3-7,13H2,1-2H3,(H,15,17). The zero-order chi connectivity index (χ0) is 12.8. The van der Waals surface area contributed by atoms with Gasteiger partial charge in [-0.1, -0.05) is 6.92 Å². The molecule has 1 fully saturated rings. The Hall–Kier alpha value is -0.650. The number of nitrogens with two attached hydrogens (primary N) is 1. The Labute approximate surface area is 103 Å². The molecule has 3 atom stereocenters. The van der Waals surface area contributed by atoms with E-state index in [1.54, 1.807) is 0 Å². The lowest BCUT2D eigenvalue weighted by Gasteiger charge is -2.25. The zero-order valence-electron chi connectivity index (χ0n) is 10.8. The Balaban J connectivity index is 2.28. The normalized spacial score (nSPS) is 20.7. The molecule has 0 aromatic rings. The lowest BCUT2D eigenvalue weighted by atomic mass is 10.0. The molecule has 0 aromatic carbocycles. The van der Waals surface area contributed by atoms with Gasteiger partial charge in [0.15, 0.2) is 0 Å². The molecule has 1 aliphatic rings. The van der Waals surface area contributed by atoms with Crippen LogP contribution in [0.5, 0.6) is 0 Å². The van der Waals surface area contributed by atoms with Gasteiger partial charge in [0.25, 0.3) is 0 Å². The molecule has 100 valence electrons. The van der Waals surface area contributed by atoms with E-state index in [1.807, 2.05) is 13.8 Å². The van der Waals surface area contributed by atoms with Crippen molar-refractivity contribution in [3.8, 4) is 0 Å². The van der Waals surface area contributed by atoms with Crippen LogP contribution in [-0.4, -0.2) is 42.3 Å². The number of aliphatic hydroxyl groups is 1. The van der Waals surface area contributed by atoms with E-state index in [2.05, 4.69) is 10.6 Å². The summed E-state index contributed by atoms with van der Waals surface area (Å²) in [5, 5.41) is 15.3. The highest BCUT2D eigenvalue weighted by atomic mass is 16.3. The first-order chi connectivity index (χ1) is 8.06. The predicted molar refractivity (Wildman–Crippen MR) is 67.5 cm³/mol. The average Bonchev–Trinajstić information content (AvgIpc) is 3.10. The third-order valence-electron chi connectivity index (χ3n) is 3.30. The lowest BCUT2D eigenvalue weighted by molar-refractivity contribution is -0.121. The Bertz CT molecular complexity index is 244. The van der Waals surface area contributed by atoms with Crippen molar-refractivity contribution in [3.63, 3.8) is 0 Å². The molecule has 5 heteroatoms. The number of nitrogens with one attached hydrogen (secondary N) is 2. The van der Waals surface area contributed by atoms with Gasteiger partial charge in [0.2, 0.25) is 5.91 Å². The molecule has 5 N–H and O–H groups in total. The van der Waals surface area contributed by atoms with Gasteiger partial charge in [-0.3, -0.25) is 4.79 Å². The van der Waals surface area contributed by atoms with Gasteiger partial charge in [0.1, 0.15) is 0 Å². The van der Waals surface area contributed by atoms with Gasteiger partial charge in [-0.25, -0.2) is 0 Å². The van der Waals surface area contributed by atoms with Crippen LogP contribution in [0.1, 0.15) is 33.1 Å². The second kappa shape index (κ2) is 6.93. The number of carbonyl (C=O) groups is 1. The fraction of sp³-hybridized carbons (Fsp3) is 0.917. The number of hydrogen-bond acceptors (Lipinski definition) is 4. The van der Waals surface area contributed by atoms with Crippen molar-refractivity contribution >= 4 is 5.91 Å². The quantitative estimate of drug-likeness (QED) is 0.467. The van der Waals surface area contributed by atoms with Crippen molar-refractivity contribution in [2.75, 3.05) is 13.2 Å². The first-order valence-corrected chi connectivity index (χ1v) is 6.43. The number of carbonyl (C=O) groups excluding carboxylic acids is 1. The smallest absolute Gasteiger partial charge is 0.221 e. The molecule has 0 saturated heterocycles. The van der Waals surface area contributed by atoms with E-state index in [1.165, 1.54) is 0 Å². The summed E-state index contributed by atoms with van der Waals surface area (Å²) in [4.78, 5) is 11.6. The first-order valence-electron chi connectivity index (χ1n) is 6.43. The molecule has 1 saturated carbocycles. The minimum atomic E-state index is -0.0160. The summed E-state index contributed by atoms with van der Waals surface area (Å²) >= 11 is 0. The summed E-state index contributed by atoms with van der Waals surface area (Å²) in [6.45, 7) is 4.54. The topological polar surface area (TPSA) is 87.4 Å². The molecule has 0 radical (unpaired) electrons. The third-order valence-corrected chi connectivity index (χ3v) is 3.30. The minimum absolute atomic E-state index is 0.0160. The van der Waals surface area contributed by atoms with Crippen LogP contribution in [0.3, 0.4) is 0 Å². The van der Waals surface area contributed by atoms with Crippen molar-refractivity contribution in [2.24, 2.45) is 11.7 Å². The van der Waals surface area contributed by atoms with Crippen LogP contribution >= 0.6 is 0 Å². The Morgan fingerprint density at radius 3 is 2.59 bits per heavy atom. The fourth-order valence-corrected chi connectivity index (χ4v) is 1.64. The first kappa shape index (κ1) is 14.4. The highest BCUT2D eigenvalue weighted by Gasteiger charge is 2.25. The largest absolute Gasteiger partial charge is 0.396 e. The number of aliphatic hydroxyl groups excluding tert-OH is 1. The summed E-state index contributed by atoms with van der Waals surface area (Å²) in [6.07, 6.45) is 2.62. The van der Waals surface area contributed by atoms with Gasteiger partial charge in [-0.2, -0.15) is 0 Å². The molecule has 0 spiro atoms. The number of amides is 1. The van der Waals surface area contributed by atoms with Crippen LogP contribution in [0.25, 0.3) is 0 Å². The molecule has 1 amide bonds. The van der Waals surface area contributed by atoms with Crippen LogP contribution < -0.4 is 16.4 Å². The Kier molecular flexibility index (Phi) is 5.88. The summed E-state index contributed by atoms with van der Waals surface area (Å²) in [5.74, 6) is 0.231. The maximum atomic E-state index is 11.6. The zero-order valence-corrected chi connectivity index (χ0v) is 10.8. The summed E-state index contributed by atoms with van der Waals surface area (Å²) in [7, 11) is 0. The van der Waals surface area contributed by atoms with Crippen LogP contribution in [-0.2, 0) is 4.79 Å². The molecule has 1 aliphatic carbocycles. The van der Waals surface area contributed by atoms with Gasteiger partial charge in [-0.15, -0.1) is 0 Å². The van der Waals surface area contributed by atoms with Crippen molar-refractivity contribution < 1.29 is 9.90 Å². The van der Waals surface area contributed by atoms with E-state index >= 15 is 0 Å². The van der Waals surface area contributed by atoms with Crippen LogP contribution in [0.4, 0.5) is 0 Å². The molecule has 3 unspecified atom stereocenters. The maximum absolute atomic E-state index is 11.6. The van der Waals surface area contributed by atoms with Crippen molar-refractivity contribution in [2.45, 2.75) is 51.2 Å². The SMILES string of the molecule is CC(CO)C(C)NC(CN)CC(=O)NC1CC1. The van der Waals surface area contributed by atoms with Gasteiger partial charge in [0, 0.05) is 37.7 Å². The number of hydrogen-bond donors (Lipinski definition) is 4. The van der Waals surface area contributed by atoms with Gasteiger partial charge in [0.05, 0.1) is 0 Å². The van der Waals surface area contributed by atoms with E-state index in [9.17, 15) is 4.79 Å². The molecule has 17 heavy (non-hydrogen) atoms. The lowest BCUT2D eigenvalue weighted by Crippen LogP contribution is -2.47. The van der Waals surface area contributed by atoms with Crippen molar-refractivity contribution in [1.82, 2.24) is 10.6 Å². The molecular formula is C12H25N3O2. The van der Waals surface area contributed by atoms with Crippen molar-refractivity contribution in [1.29, 1.82) is 0 Å². The minimum Gasteiger partial charge on any atom is -0.396 e. The number of rotatable bonds is 8. The van der Waals surface area contributed by atoms with Gasteiger partial charge in [-0.05, 0) is 25.7 Å². The predicted octanol–water partition coefficient (Wildman–Crippen LogP) is -0.411. The summed E-state index contributed by atoms with van der Waals surface area (Å²) < 4.78 is 0. The van der Waals surface area contributed by atoms with Crippen LogP contribution in [0.2, 0.25) is 0 Å². The molecule has 5 nitrogen and oxygen atoms in total. The molecule has 0 aromatic heterocycles. The monoisotopic (exact) mass is 243 g/mol. The Morgan fingerprint density at radius 1 is 1.47 bits per heavy atom.